The van der Waals surface area contributed by atoms with Crippen molar-refractivity contribution >= 4 is 23.2 Å². The number of likely N-dealkylation sites (N-methyl/N-ethyl adjacent to an activating group) is 1. The molecule has 1 aromatic heterocycles. The predicted molar refractivity (Wildman–Crippen MR) is 154 cm³/mol. The fourth-order valence-electron chi connectivity index (χ4n) is 6.22. The van der Waals surface area contributed by atoms with Crippen LogP contribution in [0.5, 0.6) is 0 Å². The number of ketones is 1. The molecule has 2 aromatic carbocycles. The van der Waals surface area contributed by atoms with E-state index >= 15 is 0 Å². The van der Waals surface area contributed by atoms with Crippen LogP contribution in [0, 0.1) is 0 Å². The molecule has 0 atom stereocenters. The van der Waals surface area contributed by atoms with Crippen LogP contribution in [0.15, 0.2) is 42.5 Å². The highest BCUT2D eigenvalue weighted by Crippen LogP contribution is 2.43. The van der Waals surface area contributed by atoms with Gasteiger partial charge in [-0.15, -0.1) is 0 Å². The molecule has 3 aliphatic rings. The minimum absolute atomic E-state index is 0.125. The average molecular weight is 528 g/mol. The van der Waals surface area contributed by atoms with Crippen molar-refractivity contribution in [3.05, 3.63) is 53.6 Å². The number of fused-ring (bicyclic) bond motifs is 3. The molecule has 0 radical (unpaired) electrons. The standard InChI is InChI=1S/C30H37N7O2/c1-3-36-16-18-37(19-17-36)22-14-12-20(13-15-22)27-26-28(33-32-27)23-10-7-11-24(25(23)29(26)38)31-30(39)34-35(2)21-8-5-4-6-9-21/h7,10-15,21H,3-6,8-9,16-19H2,1-2H3,(H,32,33)(H2,31,34,39). The molecule has 0 spiro atoms. The van der Waals surface area contributed by atoms with Crippen molar-refractivity contribution in [2.75, 3.05) is 50.0 Å². The Morgan fingerprint density at radius 2 is 1.77 bits per heavy atom. The molecule has 9 heteroatoms. The minimum atomic E-state index is -0.339. The highest BCUT2D eigenvalue weighted by molar-refractivity contribution is 6.26. The predicted octanol–water partition coefficient (Wildman–Crippen LogP) is 4.73. The van der Waals surface area contributed by atoms with Gasteiger partial charge in [-0.3, -0.25) is 15.3 Å². The number of nitrogens with one attached hydrogen (secondary N) is 3. The van der Waals surface area contributed by atoms with Gasteiger partial charge >= 0.3 is 6.03 Å². The summed E-state index contributed by atoms with van der Waals surface area (Å²) in [5, 5.41) is 12.4. The number of hydrazine groups is 1. The number of anilines is 2. The second kappa shape index (κ2) is 10.8. The molecule has 1 saturated carbocycles. The van der Waals surface area contributed by atoms with Gasteiger partial charge in [0.1, 0.15) is 5.69 Å². The third-order valence-corrected chi connectivity index (χ3v) is 8.53. The Bertz CT molecular complexity index is 1350. The van der Waals surface area contributed by atoms with Crippen molar-refractivity contribution in [3.63, 3.8) is 0 Å². The van der Waals surface area contributed by atoms with Crippen LogP contribution in [0.2, 0.25) is 0 Å². The van der Waals surface area contributed by atoms with E-state index in [1.54, 1.807) is 6.07 Å². The number of rotatable bonds is 6. The van der Waals surface area contributed by atoms with Crippen LogP contribution in [0.1, 0.15) is 54.9 Å². The van der Waals surface area contributed by atoms with E-state index in [0.717, 1.165) is 56.7 Å². The van der Waals surface area contributed by atoms with E-state index in [9.17, 15) is 9.59 Å². The second-order valence-electron chi connectivity index (χ2n) is 10.8. The van der Waals surface area contributed by atoms with Gasteiger partial charge in [-0.2, -0.15) is 5.10 Å². The molecule has 6 rings (SSSR count). The smallest absolute Gasteiger partial charge is 0.333 e. The number of benzene rings is 2. The largest absolute Gasteiger partial charge is 0.369 e. The summed E-state index contributed by atoms with van der Waals surface area (Å²) in [6.07, 6.45) is 5.79. The average Bonchev–Trinajstić information content (AvgIpc) is 3.53. The highest BCUT2D eigenvalue weighted by Gasteiger charge is 2.35. The number of H-pyrrole nitrogens is 1. The Labute approximate surface area is 229 Å². The maximum atomic E-state index is 13.7. The summed E-state index contributed by atoms with van der Waals surface area (Å²) in [6, 6.07) is 13.9. The molecule has 2 fully saturated rings. The van der Waals surface area contributed by atoms with Gasteiger partial charge in [0.05, 0.1) is 22.5 Å². The Kier molecular flexibility index (Phi) is 7.10. The number of urea groups is 1. The van der Waals surface area contributed by atoms with E-state index in [-0.39, 0.29) is 11.8 Å². The van der Waals surface area contributed by atoms with Crippen LogP contribution >= 0.6 is 0 Å². The van der Waals surface area contributed by atoms with Gasteiger partial charge in [-0.1, -0.05) is 50.5 Å². The number of aromatic nitrogens is 2. The molecule has 39 heavy (non-hydrogen) atoms. The summed E-state index contributed by atoms with van der Waals surface area (Å²) in [6.45, 7) is 7.47. The van der Waals surface area contributed by atoms with Crippen molar-refractivity contribution in [1.29, 1.82) is 0 Å². The molecule has 3 N–H and O–H groups in total. The van der Waals surface area contributed by atoms with Crippen LogP contribution in [-0.2, 0) is 0 Å². The first kappa shape index (κ1) is 25.6. The van der Waals surface area contributed by atoms with E-state index in [2.05, 4.69) is 49.8 Å². The molecule has 0 bridgehead atoms. The summed E-state index contributed by atoms with van der Waals surface area (Å²) < 4.78 is 0. The molecule has 0 unspecified atom stereocenters. The number of nitrogens with zero attached hydrogens (tertiary/aromatic N) is 4. The molecular weight excluding hydrogens is 490 g/mol. The van der Waals surface area contributed by atoms with Gasteiger partial charge in [0, 0.05) is 56.1 Å². The molecule has 3 aromatic rings. The maximum absolute atomic E-state index is 13.7. The summed E-state index contributed by atoms with van der Waals surface area (Å²) in [5.41, 5.74) is 8.69. The number of hydrogen-bond donors (Lipinski definition) is 3. The highest BCUT2D eigenvalue weighted by atomic mass is 16.2. The summed E-state index contributed by atoms with van der Waals surface area (Å²) in [7, 11) is 1.91. The van der Waals surface area contributed by atoms with E-state index < -0.39 is 0 Å². The summed E-state index contributed by atoms with van der Waals surface area (Å²) >= 11 is 0. The van der Waals surface area contributed by atoms with Gasteiger partial charge in [0.15, 0.2) is 5.78 Å². The molecular formula is C30H37N7O2. The molecule has 2 heterocycles. The molecule has 1 aliphatic heterocycles. The molecule has 204 valence electrons. The topological polar surface area (TPSA) is 96.6 Å². The van der Waals surface area contributed by atoms with Crippen molar-refractivity contribution < 1.29 is 9.59 Å². The number of amides is 2. The maximum Gasteiger partial charge on any atom is 0.333 e. The van der Waals surface area contributed by atoms with E-state index in [0.29, 0.717) is 34.2 Å². The quantitative estimate of drug-likeness (QED) is 0.314. The number of piperazine rings is 1. The van der Waals surface area contributed by atoms with E-state index in [1.165, 1.54) is 24.9 Å². The van der Waals surface area contributed by atoms with Crippen molar-refractivity contribution in [3.8, 4) is 22.5 Å². The normalized spacial score (nSPS) is 17.8. The Morgan fingerprint density at radius 1 is 1.03 bits per heavy atom. The molecule has 9 nitrogen and oxygen atoms in total. The first-order chi connectivity index (χ1) is 19.0. The number of hydrogen-bond acceptors (Lipinski definition) is 6. The Hall–Kier alpha value is -3.69. The van der Waals surface area contributed by atoms with Crippen LogP contribution in [0.25, 0.3) is 22.5 Å². The van der Waals surface area contributed by atoms with Gasteiger partial charge in [-0.05, 0) is 37.6 Å². The lowest BCUT2D eigenvalue weighted by molar-refractivity contribution is 0.104. The SMILES string of the molecule is CCN1CCN(c2ccc(-c3n[nH]c4c3C(=O)c3c(NC(=O)NN(C)C5CCCCC5)cccc3-4)cc2)CC1. The first-order valence-electron chi connectivity index (χ1n) is 14.2. The van der Waals surface area contributed by atoms with E-state index in [1.807, 2.05) is 36.3 Å². The fourth-order valence-corrected chi connectivity index (χ4v) is 6.22. The van der Waals surface area contributed by atoms with E-state index in [4.69, 9.17) is 0 Å². The summed E-state index contributed by atoms with van der Waals surface area (Å²) in [4.78, 5) is 31.5. The van der Waals surface area contributed by atoms with Crippen molar-refractivity contribution in [1.82, 2.24) is 25.5 Å². The molecule has 2 amide bonds. The summed E-state index contributed by atoms with van der Waals surface area (Å²) in [5.74, 6) is -0.125. The first-order valence-corrected chi connectivity index (χ1v) is 14.2. The minimum Gasteiger partial charge on any atom is -0.369 e. The van der Waals surface area contributed by atoms with Crippen molar-refractivity contribution in [2.45, 2.75) is 45.1 Å². The lowest BCUT2D eigenvalue weighted by Crippen LogP contribution is -2.48. The van der Waals surface area contributed by atoms with Crippen LogP contribution in [0.4, 0.5) is 16.2 Å². The molecule has 1 saturated heterocycles. The van der Waals surface area contributed by atoms with Gasteiger partial charge < -0.3 is 15.1 Å². The van der Waals surface area contributed by atoms with Gasteiger partial charge in [0.25, 0.3) is 0 Å². The van der Waals surface area contributed by atoms with Crippen LogP contribution in [0.3, 0.4) is 0 Å². The number of aromatic amines is 1. The fraction of sp³-hybridized carbons (Fsp3) is 0.433. The number of carbonyl (C=O) groups is 2. The Morgan fingerprint density at radius 3 is 2.49 bits per heavy atom. The lowest BCUT2D eigenvalue weighted by atomic mass is 9.95. The zero-order valence-electron chi connectivity index (χ0n) is 22.8. The Balaban J connectivity index is 1.18. The zero-order chi connectivity index (χ0) is 26.9. The lowest BCUT2D eigenvalue weighted by Gasteiger charge is -2.35. The van der Waals surface area contributed by atoms with Gasteiger partial charge in [-0.25, -0.2) is 9.80 Å². The zero-order valence-corrected chi connectivity index (χ0v) is 22.8. The second-order valence-corrected chi connectivity index (χ2v) is 10.8. The molecule has 2 aliphatic carbocycles. The third-order valence-electron chi connectivity index (χ3n) is 8.53. The van der Waals surface area contributed by atoms with Crippen LogP contribution in [-0.4, -0.2) is 77.7 Å². The third kappa shape index (κ3) is 4.92. The van der Waals surface area contributed by atoms with Crippen LogP contribution < -0.4 is 15.6 Å². The van der Waals surface area contributed by atoms with Crippen molar-refractivity contribution in [2.24, 2.45) is 0 Å². The number of carbonyl (C=O) groups excluding carboxylic acids is 2. The monoisotopic (exact) mass is 527 g/mol. The van der Waals surface area contributed by atoms with Gasteiger partial charge in [0.2, 0.25) is 0 Å².